The van der Waals surface area contributed by atoms with Crippen LogP contribution in [-0.2, 0) is 15.0 Å². The van der Waals surface area contributed by atoms with Crippen molar-refractivity contribution in [2.45, 2.75) is 38.1 Å². The van der Waals surface area contributed by atoms with E-state index in [4.69, 9.17) is 0 Å². The first-order chi connectivity index (χ1) is 14.3. The average Bonchev–Trinajstić information content (AvgIpc) is 2.74. The highest BCUT2D eigenvalue weighted by molar-refractivity contribution is 7.86. The van der Waals surface area contributed by atoms with Crippen molar-refractivity contribution in [3.05, 3.63) is 34.4 Å². The third-order valence-electron chi connectivity index (χ3n) is 5.84. The van der Waals surface area contributed by atoms with Crippen molar-refractivity contribution < 1.29 is 18.1 Å². The van der Waals surface area contributed by atoms with Gasteiger partial charge in [0, 0.05) is 57.1 Å². The molecule has 0 bridgehead atoms. The smallest absolute Gasteiger partial charge is 0.282 e. The summed E-state index contributed by atoms with van der Waals surface area (Å²) < 4.78 is 28.9. The highest BCUT2D eigenvalue weighted by atomic mass is 32.2. The van der Waals surface area contributed by atoms with E-state index in [1.807, 2.05) is 4.90 Å². The molecule has 11 heteroatoms. The number of benzene rings is 1. The van der Waals surface area contributed by atoms with Crippen molar-refractivity contribution in [3.8, 4) is 0 Å². The van der Waals surface area contributed by atoms with Crippen LogP contribution in [-0.4, -0.2) is 78.6 Å². The number of non-ortho nitro benzene ring substituents is 1. The lowest BCUT2D eigenvalue weighted by Crippen LogP contribution is -2.55. The molecule has 1 aromatic carbocycles. The Morgan fingerprint density at radius 2 is 1.73 bits per heavy atom. The summed E-state index contributed by atoms with van der Waals surface area (Å²) in [5, 5.41) is 13.4. The molecule has 1 saturated heterocycles. The first kappa shape index (κ1) is 22.6. The molecule has 10 nitrogen and oxygen atoms in total. The van der Waals surface area contributed by atoms with Gasteiger partial charge in [-0.1, -0.05) is 19.3 Å². The Morgan fingerprint density at radius 3 is 2.30 bits per heavy atom. The topological polar surface area (TPSA) is 116 Å². The molecule has 0 radical (unpaired) electrons. The SMILES string of the molecule is CN(C1CCCCC1)S(=O)(=O)N1CCN(CC(=O)Nc2ccc([N+](=O)[O-])cc2)CC1. The standard InChI is InChI=1S/C19H29N5O5S/c1-21(17-5-3-2-4-6-17)30(28,29)23-13-11-22(12-14-23)15-19(25)20-16-7-9-18(10-8-16)24(26)27/h7-10,17H,2-6,11-15H2,1H3,(H,20,25). The van der Waals surface area contributed by atoms with Crippen LogP contribution in [0.15, 0.2) is 24.3 Å². The molecule has 166 valence electrons. The van der Waals surface area contributed by atoms with Gasteiger partial charge in [-0.2, -0.15) is 17.0 Å². The average molecular weight is 440 g/mol. The Labute approximate surface area is 177 Å². The molecule has 3 rings (SSSR count). The molecule has 1 amide bonds. The molecule has 1 N–H and O–H groups in total. The van der Waals surface area contributed by atoms with Gasteiger partial charge in [-0.3, -0.25) is 19.8 Å². The lowest BCUT2D eigenvalue weighted by atomic mass is 9.96. The molecule has 0 atom stereocenters. The minimum Gasteiger partial charge on any atom is -0.325 e. The van der Waals surface area contributed by atoms with Gasteiger partial charge in [0.15, 0.2) is 0 Å². The number of carbonyl (C=O) groups excluding carboxylic acids is 1. The molecule has 1 saturated carbocycles. The molecule has 2 fully saturated rings. The second kappa shape index (κ2) is 9.82. The van der Waals surface area contributed by atoms with Crippen LogP contribution in [0.5, 0.6) is 0 Å². The van der Waals surface area contributed by atoms with E-state index >= 15 is 0 Å². The van der Waals surface area contributed by atoms with Crippen molar-refractivity contribution in [1.82, 2.24) is 13.5 Å². The predicted octanol–water partition coefficient (Wildman–Crippen LogP) is 1.66. The summed E-state index contributed by atoms with van der Waals surface area (Å²) in [5.74, 6) is -0.237. The summed E-state index contributed by atoms with van der Waals surface area (Å²) in [6.07, 6.45) is 5.15. The maximum atomic E-state index is 12.9. The van der Waals surface area contributed by atoms with Crippen LogP contribution in [0, 0.1) is 10.1 Å². The summed E-state index contributed by atoms with van der Waals surface area (Å²) in [6, 6.07) is 5.72. The van der Waals surface area contributed by atoms with Gasteiger partial charge in [-0.25, -0.2) is 0 Å². The van der Waals surface area contributed by atoms with Crippen molar-refractivity contribution in [2.24, 2.45) is 0 Å². The van der Waals surface area contributed by atoms with Gasteiger partial charge in [0.2, 0.25) is 5.91 Å². The number of carbonyl (C=O) groups is 1. The third-order valence-corrected chi connectivity index (χ3v) is 7.88. The van der Waals surface area contributed by atoms with Gasteiger partial charge in [0.25, 0.3) is 15.9 Å². The minimum absolute atomic E-state index is 0.0384. The van der Waals surface area contributed by atoms with Crippen LogP contribution in [0.3, 0.4) is 0 Å². The summed E-state index contributed by atoms with van der Waals surface area (Å²) in [5.41, 5.74) is 0.449. The molecule has 1 heterocycles. The van der Waals surface area contributed by atoms with Gasteiger partial charge < -0.3 is 5.32 Å². The fourth-order valence-electron chi connectivity index (χ4n) is 4.00. The lowest BCUT2D eigenvalue weighted by Gasteiger charge is -2.38. The van der Waals surface area contributed by atoms with Crippen LogP contribution >= 0.6 is 0 Å². The first-order valence-corrected chi connectivity index (χ1v) is 11.7. The fourth-order valence-corrected chi connectivity index (χ4v) is 5.58. The minimum atomic E-state index is -3.49. The zero-order valence-corrected chi connectivity index (χ0v) is 18.0. The number of nitro benzene ring substituents is 1. The highest BCUT2D eigenvalue weighted by Crippen LogP contribution is 2.25. The zero-order valence-electron chi connectivity index (χ0n) is 17.2. The maximum absolute atomic E-state index is 12.9. The lowest BCUT2D eigenvalue weighted by molar-refractivity contribution is -0.384. The summed E-state index contributed by atoms with van der Waals surface area (Å²) in [6.45, 7) is 1.80. The van der Waals surface area contributed by atoms with E-state index in [-0.39, 0.29) is 24.2 Å². The number of piperazine rings is 1. The first-order valence-electron chi connectivity index (χ1n) is 10.3. The van der Waals surface area contributed by atoms with E-state index in [9.17, 15) is 23.3 Å². The van der Waals surface area contributed by atoms with E-state index < -0.39 is 15.1 Å². The van der Waals surface area contributed by atoms with Crippen molar-refractivity contribution in [2.75, 3.05) is 45.1 Å². The second-order valence-corrected chi connectivity index (χ2v) is 9.83. The molecule has 2 aliphatic rings. The molecule has 1 aliphatic carbocycles. The number of nitro groups is 1. The number of anilines is 1. The monoisotopic (exact) mass is 439 g/mol. The van der Waals surface area contributed by atoms with Gasteiger partial charge in [0.1, 0.15) is 0 Å². The molecular weight excluding hydrogens is 410 g/mol. The number of rotatable bonds is 7. The number of nitrogens with zero attached hydrogens (tertiary/aromatic N) is 4. The van der Waals surface area contributed by atoms with Crippen LogP contribution in [0.25, 0.3) is 0 Å². The van der Waals surface area contributed by atoms with Crippen LogP contribution in [0.1, 0.15) is 32.1 Å². The third kappa shape index (κ3) is 5.54. The molecule has 30 heavy (non-hydrogen) atoms. The van der Waals surface area contributed by atoms with Crippen LogP contribution in [0.4, 0.5) is 11.4 Å². The molecule has 1 aromatic rings. The Bertz CT molecular complexity index is 847. The normalized spacial score (nSPS) is 19.7. The molecule has 1 aliphatic heterocycles. The van der Waals surface area contributed by atoms with Gasteiger partial charge in [-0.15, -0.1) is 0 Å². The highest BCUT2D eigenvalue weighted by Gasteiger charge is 2.34. The summed E-state index contributed by atoms with van der Waals surface area (Å²) >= 11 is 0. The van der Waals surface area contributed by atoms with Crippen LogP contribution in [0.2, 0.25) is 0 Å². The quantitative estimate of drug-likeness (QED) is 0.510. The van der Waals surface area contributed by atoms with Gasteiger partial charge in [-0.05, 0) is 25.0 Å². The van der Waals surface area contributed by atoms with Crippen molar-refractivity contribution >= 4 is 27.5 Å². The van der Waals surface area contributed by atoms with Crippen molar-refractivity contribution in [1.29, 1.82) is 0 Å². The maximum Gasteiger partial charge on any atom is 0.282 e. The molecule has 0 spiro atoms. The largest absolute Gasteiger partial charge is 0.325 e. The molecular formula is C19H29N5O5S. The van der Waals surface area contributed by atoms with Crippen LogP contribution < -0.4 is 5.32 Å². The predicted molar refractivity (Wildman–Crippen MR) is 113 cm³/mol. The molecule has 0 unspecified atom stereocenters. The number of hydrogen-bond acceptors (Lipinski definition) is 6. The number of hydrogen-bond donors (Lipinski definition) is 1. The van der Waals surface area contributed by atoms with E-state index in [0.29, 0.717) is 31.9 Å². The van der Waals surface area contributed by atoms with E-state index in [1.165, 1.54) is 39.3 Å². The Hall–Kier alpha value is -2.08. The molecule has 0 aromatic heterocycles. The fraction of sp³-hybridized carbons (Fsp3) is 0.632. The Balaban J connectivity index is 1.47. The zero-order chi connectivity index (χ0) is 21.7. The van der Waals surface area contributed by atoms with Crippen molar-refractivity contribution in [3.63, 3.8) is 0 Å². The summed E-state index contributed by atoms with van der Waals surface area (Å²) in [4.78, 5) is 24.4. The van der Waals surface area contributed by atoms with Gasteiger partial charge >= 0.3 is 0 Å². The van der Waals surface area contributed by atoms with E-state index in [0.717, 1.165) is 25.7 Å². The summed E-state index contributed by atoms with van der Waals surface area (Å²) in [7, 11) is -1.81. The Kier molecular flexibility index (Phi) is 7.40. The van der Waals surface area contributed by atoms with E-state index in [2.05, 4.69) is 5.32 Å². The van der Waals surface area contributed by atoms with Gasteiger partial charge in [0.05, 0.1) is 11.5 Å². The number of amides is 1. The number of nitrogens with one attached hydrogen (secondary N) is 1. The Morgan fingerprint density at radius 1 is 1.13 bits per heavy atom. The van der Waals surface area contributed by atoms with E-state index in [1.54, 1.807) is 7.05 Å². The second-order valence-electron chi connectivity index (χ2n) is 7.84.